The summed E-state index contributed by atoms with van der Waals surface area (Å²) in [6.07, 6.45) is 2.18. The molecule has 1 rings (SSSR count). The van der Waals surface area contributed by atoms with Gasteiger partial charge in [-0.25, -0.2) is 0 Å². The van der Waals surface area contributed by atoms with Crippen LogP contribution in [-0.4, -0.2) is 11.1 Å². The van der Waals surface area contributed by atoms with Crippen LogP contribution in [-0.2, 0) is 4.79 Å². The third-order valence-electron chi connectivity index (χ3n) is 3.17. The zero-order chi connectivity index (χ0) is 9.30. The van der Waals surface area contributed by atoms with Crippen molar-refractivity contribution in [1.82, 2.24) is 0 Å². The van der Waals surface area contributed by atoms with Gasteiger partial charge in [0.15, 0.2) is 0 Å². The van der Waals surface area contributed by atoms with Gasteiger partial charge >= 0.3 is 5.97 Å². The van der Waals surface area contributed by atoms with E-state index >= 15 is 0 Å². The van der Waals surface area contributed by atoms with Crippen LogP contribution in [0.3, 0.4) is 0 Å². The predicted octanol–water partition coefficient (Wildman–Crippen LogP) is 2.39. The van der Waals surface area contributed by atoms with Crippen LogP contribution in [0.5, 0.6) is 0 Å². The molecule has 1 saturated carbocycles. The van der Waals surface area contributed by atoms with Crippen molar-refractivity contribution in [2.45, 2.75) is 33.6 Å². The van der Waals surface area contributed by atoms with Crippen molar-refractivity contribution >= 4 is 5.97 Å². The molecule has 0 aliphatic heterocycles. The lowest BCUT2D eigenvalue weighted by Gasteiger charge is -2.21. The van der Waals surface area contributed by atoms with Gasteiger partial charge in [-0.2, -0.15) is 0 Å². The SMILES string of the molecule is CC(C)[C@H]1CCC(C)[C@@H]1C(=O)O. The van der Waals surface area contributed by atoms with E-state index in [0.717, 1.165) is 12.8 Å². The van der Waals surface area contributed by atoms with Crippen molar-refractivity contribution in [1.29, 1.82) is 0 Å². The molecule has 0 bridgehead atoms. The fraction of sp³-hybridized carbons (Fsp3) is 0.900. The second-order valence-electron chi connectivity index (χ2n) is 4.33. The molecule has 2 nitrogen and oxygen atoms in total. The molecule has 0 aromatic carbocycles. The Morgan fingerprint density at radius 1 is 1.42 bits per heavy atom. The molecule has 0 aromatic rings. The highest BCUT2D eigenvalue weighted by atomic mass is 16.4. The Balaban J connectivity index is 2.70. The molecule has 70 valence electrons. The molecule has 0 heterocycles. The molecule has 12 heavy (non-hydrogen) atoms. The zero-order valence-electron chi connectivity index (χ0n) is 8.08. The number of aliphatic carboxylic acids is 1. The average Bonchev–Trinajstić information content (AvgIpc) is 2.30. The first-order valence-electron chi connectivity index (χ1n) is 4.76. The van der Waals surface area contributed by atoms with Crippen molar-refractivity contribution in [3.05, 3.63) is 0 Å². The summed E-state index contributed by atoms with van der Waals surface area (Å²) in [7, 11) is 0. The molecular formula is C10H18O2. The molecule has 0 radical (unpaired) electrons. The first-order valence-corrected chi connectivity index (χ1v) is 4.76. The summed E-state index contributed by atoms with van der Waals surface area (Å²) in [4.78, 5) is 10.9. The van der Waals surface area contributed by atoms with E-state index in [0.29, 0.717) is 17.8 Å². The van der Waals surface area contributed by atoms with E-state index in [9.17, 15) is 4.79 Å². The Kier molecular flexibility index (Phi) is 2.76. The Labute approximate surface area is 74.0 Å². The van der Waals surface area contributed by atoms with E-state index in [4.69, 9.17) is 5.11 Å². The molecule has 1 N–H and O–H groups in total. The molecule has 1 aliphatic rings. The smallest absolute Gasteiger partial charge is 0.307 e. The molecule has 2 heteroatoms. The van der Waals surface area contributed by atoms with E-state index in [1.54, 1.807) is 0 Å². The van der Waals surface area contributed by atoms with Gasteiger partial charge in [0.1, 0.15) is 0 Å². The summed E-state index contributed by atoms with van der Waals surface area (Å²) >= 11 is 0. The van der Waals surface area contributed by atoms with Gasteiger partial charge < -0.3 is 5.11 Å². The van der Waals surface area contributed by atoms with E-state index in [1.807, 2.05) is 0 Å². The highest BCUT2D eigenvalue weighted by molar-refractivity contribution is 5.71. The van der Waals surface area contributed by atoms with Crippen LogP contribution < -0.4 is 0 Å². The van der Waals surface area contributed by atoms with Gasteiger partial charge in [0.2, 0.25) is 0 Å². The van der Waals surface area contributed by atoms with Crippen LogP contribution in [0, 0.1) is 23.7 Å². The zero-order valence-corrected chi connectivity index (χ0v) is 8.08. The van der Waals surface area contributed by atoms with E-state index in [-0.39, 0.29) is 5.92 Å². The van der Waals surface area contributed by atoms with Crippen LogP contribution in [0.2, 0.25) is 0 Å². The monoisotopic (exact) mass is 170 g/mol. The molecule has 0 saturated heterocycles. The van der Waals surface area contributed by atoms with E-state index in [1.165, 1.54) is 0 Å². The number of carbonyl (C=O) groups is 1. The maximum atomic E-state index is 10.9. The number of carboxylic acid groups (broad SMARTS) is 1. The Hall–Kier alpha value is -0.530. The fourth-order valence-electron chi connectivity index (χ4n) is 2.41. The van der Waals surface area contributed by atoms with Crippen LogP contribution in [0.15, 0.2) is 0 Å². The second kappa shape index (κ2) is 3.46. The highest BCUT2D eigenvalue weighted by Crippen LogP contribution is 2.40. The summed E-state index contributed by atoms with van der Waals surface area (Å²) in [5.74, 6) is 0.590. The standard InChI is InChI=1S/C10H18O2/c1-6(2)8-5-4-7(3)9(8)10(11)12/h6-9H,4-5H2,1-3H3,(H,11,12)/t7?,8-,9+/m1/s1. The van der Waals surface area contributed by atoms with Crippen molar-refractivity contribution in [3.63, 3.8) is 0 Å². The van der Waals surface area contributed by atoms with Crippen molar-refractivity contribution in [2.75, 3.05) is 0 Å². The van der Waals surface area contributed by atoms with E-state index in [2.05, 4.69) is 20.8 Å². The van der Waals surface area contributed by atoms with Gasteiger partial charge in [-0.3, -0.25) is 4.79 Å². The van der Waals surface area contributed by atoms with Gasteiger partial charge in [0.25, 0.3) is 0 Å². The van der Waals surface area contributed by atoms with Crippen molar-refractivity contribution in [3.8, 4) is 0 Å². The van der Waals surface area contributed by atoms with E-state index < -0.39 is 5.97 Å². The van der Waals surface area contributed by atoms with Crippen molar-refractivity contribution in [2.24, 2.45) is 23.7 Å². The van der Waals surface area contributed by atoms with Gasteiger partial charge in [0, 0.05) is 0 Å². The number of rotatable bonds is 2. The normalized spacial score (nSPS) is 35.8. The molecule has 1 aliphatic carbocycles. The lowest BCUT2D eigenvalue weighted by Crippen LogP contribution is -2.26. The fourth-order valence-corrected chi connectivity index (χ4v) is 2.41. The molecule has 3 atom stereocenters. The summed E-state index contributed by atoms with van der Waals surface area (Å²) < 4.78 is 0. The molecular weight excluding hydrogens is 152 g/mol. The topological polar surface area (TPSA) is 37.3 Å². The Bertz CT molecular complexity index is 175. The molecule has 0 aromatic heterocycles. The third-order valence-corrected chi connectivity index (χ3v) is 3.17. The maximum Gasteiger partial charge on any atom is 0.307 e. The Morgan fingerprint density at radius 3 is 2.33 bits per heavy atom. The summed E-state index contributed by atoms with van der Waals surface area (Å²) in [6.45, 7) is 6.30. The quantitative estimate of drug-likeness (QED) is 0.691. The molecule has 1 unspecified atom stereocenters. The van der Waals surface area contributed by atoms with Gasteiger partial charge in [-0.1, -0.05) is 20.8 Å². The van der Waals surface area contributed by atoms with Crippen LogP contribution in [0.25, 0.3) is 0 Å². The van der Waals surface area contributed by atoms with Gasteiger partial charge in [-0.05, 0) is 30.6 Å². The van der Waals surface area contributed by atoms with Gasteiger partial charge in [0.05, 0.1) is 5.92 Å². The lowest BCUT2D eigenvalue weighted by molar-refractivity contribution is -0.144. The Morgan fingerprint density at radius 2 is 2.00 bits per heavy atom. The first kappa shape index (κ1) is 9.56. The van der Waals surface area contributed by atoms with Crippen LogP contribution in [0.4, 0.5) is 0 Å². The molecule has 1 fully saturated rings. The third kappa shape index (κ3) is 1.62. The predicted molar refractivity (Wildman–Crippen MR) is 47.9 cm³/mol. The number of carboxylic acids is 1. The second-order valence-corrected chi connectivity index (χ2v) is 4.33. The van der Waals surface area contributed by atoms with Crippen LogP contribution in [0.1, 0.15) is 33.6 Å². The minimum absolute atomic E-state index is 0.0926. The minimum atomic E-state index is -0.598. The highest BCUT2D eigenvalue weighted by Gasteiger charge is 2.39. The maximum absolute atomic E-state index is 10.9. The molecule has 0 spiro atoms. The van der Waals surface area contributed by atoms with Crippen molar-refractivity contribution < 1.29 is 9.90 Å². The number of hydrogen-bond acceptors (Lipinski definition) is 1. The minimum Gasteiger partial charge on any atom is -0.481 e. The summed E-state index contributed by atoms with van der Waals surface area (Å²) in [5, 5.41) is 9.00. The van der Waals surface area contributed by atoms with Crippen LogP contribution >= 0.6 is 0 Å². The summed E-state index contributed by atoms with van der Waals surface area (Å²) in [5.41, 5.74) is 0. The largest absolute Gasteiger partial charge is 0.481 e. The molecule has 0 amide bonds. The summed E-state index contributed by atoms with van der Waals surface area (Å²) in [6, 6.07) is 0. The first-order chi connectivity index (χ1) is 5.54. The number of hydrogen-bond donors (Lipinski definition) is 1. The lowest BCUT2D eigenvalue weighted by atomic mass is 9.83. The average molecular weight is 170 g/mol. The van der Waals surface area contributed by atoms with Gasteiger partial charge in [-0.15, -0.1) is 0 Å².